The van der Waals surface area contributed by atoms with Crippen molar-refractivity contribution in [3.63, 3.8) is 0 Å². The summed E-state index contributed by atoms with van der Waals surface area (Å²) in [7, 11) is 0. The minimum atomic E-state index is 0.391. The molecule has 0 radical (unpaired) electrons. The highest BCUT2D eigenvalue weighted by Gasteiger charge is 2.44. The maximum Gasteiger partial charge on any atom is -0.00282 e. The van der Waals surface area contributed by atoms with Crippen molar-refractivity contribution >= 4 is 10.8 Å². The topological polar surface area (TPSA) is 26.0 Å². The van der Waals surface area contributed by atoms with Gasteiger partial charge in [0.25, 0.3) is 0 Å². The molecule has 1 heteroatoms. The summed E-state index contributed by atoms with van der Waals surface area (Å²) >= 11 is 0. The van der Waals surface area contributed by atoms with E-state index in [0.717, 1.165) is 13.0 Å². The van der Waals surface area contributed by atoms with Gasteiger partial charge in [-0.3, -0.25) is 0 Å². The van der Waals surface area contributed by atoms with Crippen LogP contribution in [0.1, 0.15) is 30.4 Å². The Kier molecular flexibility index (Phi) is 2.44. The van der Waals surface area contributed by atoms with Gasteiger partial charge in [-0.1, -0.05) is 36.4 Å². The lowest BCUT2D eigenvalue weighted by atomic mass is 9.87. The highest BCUT2D eigenvalue weighted by molar-refractivity contribution is 5.89. The van der Waals surface area contributed by atoms with Crippen molar-refractivity contribution in [3.05, 3.63) is 47.5 Å². The lowest BCUT2D eigenvalue weighted by Gasteiger charge is -2.18. The van der Waals surface area contributed by atoms with Crippen LogP contribution < -0.4 is 5.73 Å². The highest BCUT2D eigenvalue weighted by atomic mass is 14.6. The number of hydrogen-bond donors (Lipinski definition) is 1. The van der Waals surface area contributed by atoms with Crippen LogP contribution in [0.15, 0.2) is 36.4 Å². The maximum atomic E-state index is 5.77. The molecule has 1 aliphatic carbocycles. The summed E-state index contributed by atoms with van der Waals surface area (Å²) in [6.45, 7) is 2.98. The van der Waals surface area contributed by atoms with Crippen LogP contribution in [-0.4, -0.2) is 6.54 Å². The van der Waals surface area contributed by atoms with Gasteiger partial charge in [-0.05, 0) is 60.0 Å². The molecular weight excluding hydrogens is 206 g/mol. The Morgan fingerprint density at radius 2 is 1.76 bits per heavy atom. The second kappa shape index (κ2) is 3.85. The van der Waals surface area contributed by atoms with Crippen molar-refractivity contribution in [2.45, 2.75) is 31.6 Å². The lowest BCUT2D eigenvalue weighted by molar-refractivity contribution is 0.634. The van der Waals surface area contributed by atoms with Gasteiger partial charge < -0.3 is 5.73 Å². The summed E-state index contributed by atoms with van der Waals surface area (Å²) in [6.07, 6.45) is 3.73. The molecule has 0 aromatic heterocycles. The summed E-state index contributed by atoms with van der Waals surface area (Å²) in [5, 5.41) is 2.83. The molecular formula is C16H19N. The van der Waals surface area contributed by atoms with E-state index in [0.29, 0.717) is 5.41 Å². The molecule has 1 fully saturated rings. The SMILES string of the molecule is Cc1ccc(C2(CCN)CC2)c2ccccc12. The van der Waals surface area contributed by atoms with Gasteiger partial charge in [0, 0.05) is 0 Å². The van der Waals surface area contributed by atoms with Gasteiger partial charge in [0.15, 0.2) is 0 Å². The molecule has 0 bridgehead atoms. The molecule has 0 spiro atoms. The summed E-state index contributed by atoms with van der Waals surface area (Å²) in [6, 6.07) is 13.3. The summed E-state index contributed by atoms with van der Waals surface area (Å²) in [5.74, 6) is 0. The fourth-order valence-corrected chi connectivity index (χ4v) is 2.99. The van der Waals surface area contributed by atoms with E-state index in [1.54, 1.807) is 0 Å². The number of hydrogen-bond acceptors (Lipinski definition) is 1. The van der Waals surface area contributed by atoms with Gasteiger partial charge in [-0.2, -0.15) is 0 Å². The van der Waals surface area contributed by atoms with Crippen LogP contribution in [-0.2, 0) is 5.41 Å². The zero-order valence-electron chi connectivity index (χ0n) is 10.4. The van der Waals surface area contributed by atoms with Gasteiger partial charge in [-0.25, -0.2) is 0 Å². The number of benzene rings is 2. The van der Waals surface area contributed by atoms with E-state index in [-0.39, 0.29) is 0 Å². The van der Waals surface area contributed by atoms with E-state index in [1.807, 2.05) is 0 Å². The first kappa shape index (κ1) is 10.8. The molecule has 0 heterocycles. The van der Waals surface area contributed by atoms with Crippen LogP contribution in [0.5, 0.6) is 0 Å². The average Bonchev–Trinajstić information content (AvgIpc) is 3.11. The third-order valence-electron chi connectivity index (χ3n) is 4.19. The molecule has 17 heavy (non-hydrogen) atoms. The van der Waals surface area contributed by atoms with Gasteiger partial charge in [0.05, 0.1) is 0 Å². The molecule has 0 aliphatic heterocycles. The predicted octanol–water partition coefficient (Wildman–Crippen LogP) is 3.53. The first-order valence-corrected chi connectivity index (χ1v) is 6.46. The van der Waals surface area contributed by atoms with Crippen molar-refractivity contribution in [2.75, 3.05) is 6.54 Å². The van der Waals surface area contributed by atoms with E-state index >= 15 is 0 Å². The zero-order valence-corrected chi connectivity index (χ0v) is 10.4. The normalized spacial score (nSPS) is 17.3. The smallest absolute Gasteiger partial charge is 0.00282 e. The van der Waals surface area contributed by atoms with E-state index < -0.39 is 0 Å². The first-order valence-electron chi connectivity index (χ1n) is 6.46. The van der Waals surface area contributed by atoms with Crippen molar-refractivity contribution in [1.29, 1.82) is 0 Å². The van der Waals surface area contributed by atoms with Crippen LogP contribution in [0.4, 0.5) is 0 Å². The highest BCUT2D eigenvalue weighted by Crippen LogP contribution is 2.52. The van der Waals surface area contributed by atoms with Gasteiger partial charge in [0.2, 0.25) is 0 Å². The monoisotopic (exact) mass is 225 g/mol. The Hall–Kier alpha value is -1.34. The third-order valence-corrected chi connectivity index (χ3v) is 4.19. The van der Waals surface area contributed by atoms with E-state index in [2.05, 4.69) is 43.3 Å². The zero-order chi connectivity index (χ0) is 11.9. The standard InChI is InChI=1S/C16H19N/c1-12-6-7-15(16(8-9-16)10-11-17)14-5-3-2-4-13(12)14/h2-7H,8-11,17H2,1H3. The Balaban J connectivity index is 2.21. The molecule has 88 valence electrons. The largest absolute Gasteiger partial charge is 0.330 e. The molecule has 2 aromatic rings. The van der Waals surface area contributed by atoms with Gasteiger partial charge >= 0.3 is 0 Å². The molecule has 0 unspecified atom stereocenters. The minimum Gasteiger partial charge on any atom is -0.330 e. The minimum absolute atomic E-state index is 0.391. The molecule has 2 N–H and O–H groups in total. The van der Waals surface area contributed by atoms with Crippen molar-refractivity contribution in [1.82, 2.24) is 0 Å². The summed E-state index contributed by atoms with van der Waals surface area (Å²) in [4.78, 5) is 0. The molecule has 2 aromatic carbocycles. The van der Waals surface area contributed by atoms with Crippen LogP contribution >= 0.6 is 0 Å². The number of fused-ring (bicyclic) bond motifs is 1. The van der Waals surface area contributed by atoms with Gasteiger partial charge in [0.1, 0.15) is 0 Å². The van der Waals surface area contributed by atoms with Crippen LogP contribution in [0.2, 0.25) is 0 Å². The van der Waals surface area contributed by atoms with E-state index in [9.17, 15) is 0 Å². The number of nitrogens with two attached hydrogens (primary N) is 1. The van der Waals surface area contributed by atoms with Gasteiger partial charge in [-0.15, -0.1) is 0 Å². The Bertz CT molecular complexity index is 552. The maximum absolute atomic E-state index is 5.77. The lowest BCUT2D eigenvalue weighted by Crippen LogP contribution is -2.13. The van der Waals surface area contributed by atoms with Crippen molar-refractivity contribution in [3.8, 4) is 0 Å². The number of rotatable bonds is 3. The summed E-state index contributed by atoms with van der Waals surface area (Å²) < 4.78 is 0. The van der Waals surface area contributed by atoms with Crippen molar-refractivity contribution < 1.29 is 0 Å². The molecule has 0 atom stereocenters. The molecule has 3 rings (SSSR count). The number of aryl methyl sites for hydroxylation is 1. The van der Waals surface area contributed by atoms with Crippen molar-refractivity contribution in [2.24, 2.45) is 5.73 Å². The van der Waals surface area contributed by atoms with Crippen LogP contribution in [0, 0.1) is 6.92 Å². The molecule has 1 aliphatic rings. The average molecular weight is 225 g/mol. The van der Waals surface area contributed by atoms with E-state index in [1.165, 1.54) is 34.7 Å². The molecule has 0 amide bonds. The van der Waals surface area contributed by atoms with Crippen LogP contribution in [0.3, 0.4) is 0 Å². The predicted molar refractivity (Wildman–Crippen MR) is 73.3 cm³/mol. The fourth-order valence-electron chi connectivity index (χ4n) is 2.99. The second-order valence-corrected chi connectivity index (χ2v) is 5.29. The summed E-state index contributed by atoms with van der Waals surface area (Å²) in [5.41, 5.74) is 9.04. The second-order valence-electron chi connectivity index (χ2n) is 5.29. The molecule has 0 saturated heterocycles. The Morgan fingerprint density at radius 1 is 1.06 bits per heavy atom. The quantitative estimate of drug-likeness (QED) is 0.849. The Labute approximate surface area is 103 Å². The molecule has 1 nitrogen and oxygen atoms in total. The van der Waals surface area contributed by atoms with E-state index in [4.69, 9.17) is 5.73 Å². The van der Waals surface area contributed by atoms with Crippen LogP contribution in [0.25, 0.3) is 10.8 Å². The molecule has 1 saturated carbocycles. The fraction of sp³-hybridized carbons (Fsp3) is 0.375. The first-order chi connectivity index (χ1) is 8.27. The third kappa shape index (κ3) is 1.66. The Morgan fingerprint density at radius 3 is 2.41 bits per heavy atom.